The third-order valence-electron chi connectivity index (χ3n) is 5.64. The zero-order chi connectivity index (χ0) is 24.9. The number of cyclic esters (lactones) is 1. The quantitative estimate of drug-likeness (QED) is 0.412. The predicted molar refractivity (Wildman–Crippen MR) is 135 cm³/mol. The van der Waals surface area contributed by atoms with Crippen molar-refractivity contribution in [2.75, 3.05) is 18.0 Å². The molecular weight excluding hydrogens is 492 g/mol. The van der Waals surface area contributed by atoms with Crippen molar-refractivity contribution in [1.29, 1.82) is 0 Å². The Morgan fingerprint density at radius 2 is 1.86 bits per heavy atom. The van der Waals surface area contributed by atoms with Gasteiger partial charge in [-0.3, -0.25) is 9.69 Å². The van der Waals surface area contributed by atoms with Gasteiger partial charge in [0, 0.05) is 35.6 Å². The van der Waals surface area contributed by atoms with Gasteiger partial charge >= 0.3 is 6.09 Å². The lowest BCUT2D eigenvalue weighted by Gasteiger charge is -2.15. The fourth-order valence-corrected chi connectivity index (χ4v) is 4.29. The fourth-order valence-electron chi connectivity index (χ4n) is 3.81. The van der Waals surface area contributed by atoms with E-state index < -0.39 is 18.0 Å². The molecule has 2 amide bonds. The van der Waals surface area contributed by atoms with E-state index in [4.69, 9.17) is 27.9 Å². The minimum absolute atomic E-state index is 0.206. The minimum Gasteiger partial charge on any atom is -0.442 e. The number of carbonyl (C=O) groups is 2. The molecular formula is C26H24Cl2FN3O3. The van der Waals surface area contributed by atoms with Gasteiger partial charge in [0.1, 0.15) is 11.9 Å². The molecule has 0 saturated carbocycles. The van der Waals surface area contributed by atoms with E-state index in [1.807, 2.05) is 30.3 Å². The first-order chi connectivity index (χ1) is 16.8. The van der Waals surface area contributed by atoms with Gasteiger partial charge in [-0.15, -0.1) is 0 Å². The smallest absolute Gasteiger partial charge is 0.414 e. The molecule has 9 heteroatoms. The van der Waals surface area contributed by atoms with E-state index in [-0.39, 0.29) is 19.0 Å². The van der Waals surface area contributed by atoms with Crippen molar-refractivity contribution in [1.82, 2.24) is 10.6 Å². The zero-order valence-corrected chi connectivity index (χ0v) is 20.5. The van der Waals surface area contributed by atoms with Crippen LogP contribution in [0.15, 0.2) is 60.7 Å². The second kappa shape index (κ2) is 11.1. The summed E-state index contributed by atoms with van der Waals surface area (Å²) in [6, 6.07) is 17.6. The summed E-state index contributed by atoms with van der Waals surface area (Å²) in [7, 11) is 0. The van der Waals surface area contributed by atoms with Crippen LogP contribution >= 0.6 is 23.2 Å². The summed E-state index contributed by atoms with van der Waals surface area (Å²) in [6.07, 6.45) is -1.05. The van der Waals surface area contributed by atoms with Crippen LogP contribution < -0.4 is 15.5 Å². The lowest BCUT2D eigenvalue weighted by molar-refractivity contribution is -0.119. The monoisotopic (exact) mass is 515 g/mol. The van der Waals surface area contributed by atoms with Gasteiger partial charge < -0.3 is 15.4 Å². The molecule has 3 aromatic carbocycles. The second-order valence-corrected chi connectivity index (χ2v) is 9.10. The summed E-state index contributed by atoms with van der Waals surface area (Å²) in [5.41, 5.74) is 3.57. The van der Waals surface area contributed by atoms with Crippen LogP contribution in [0.4, 0.5) is 14.9 Å². The third-order valence-corrected chi connectivity index (χ3v) is 6.23. The van der Waals surface area contributed by atoms with E-state index in [0.717, 1.165) is 16.7 Å². The van der Waals surface area contributed by atoms with Crippen LogP contribution in [0, 0.1) is 5.82 Å². The number of ether oxygens (including phenoxy) is 1. The van der Waals surface area contributed by atoms with E-state index in [2.05, 4.69) is 10.6 Å². The Balaban J connectivity index is 1.37. The largest absolute Gasteiger partial charge is 0.442 e. The molecule has 1 aliphatic heterocycles. The van der Waals surface area contributed by atoms with Gasteiger partial charge in [-0.25, -0.2) is 9.18 Å². The number of halogens is 3. The van der Waals surface area contributed by atoms with Gasteiger partial charge in [-0.05, 0) is 47.0 Å². The third kappa shape index (κ3) is 6.31. The van der Waals surface area contributed by atoms with Crippen LogP contribution in [0.5, 0.6) is 0 Å². The SMILES string of the molecule is CC(=O)NC[C@H]1CN(c2ccc(-c3ccc(CNCc4ccc(Cl)cc4Cl)cc3)c(F)c2)C(=O)O1. The average molecular weight is 516 g/mol. The van der Waals surface area contributed by atoms with Crippen LogP contribution in [0.25, 0.3) is 11.1 Å². The Kier molecular flexibility index (Phi) is 7.90. The van der Waals surface area contributed by atoms with Crippen molar-refractivity contribution in [3.05, 3.63) is 87.7 Å². The van der Waals surface area contributed by atoms with Gasteiger partial charge in [0.05, 0.1) is 18.8 Å². The number of hydrogen-bond acceptors (Lipinski definition) is 4. The summed E-state index contributed by atoms with van der Waals surface area (Å²) in [6.45, 7) is 3.06. The molecule has 0 aliphatic carbocycles. The van der Waals surface area contributed by atoms with Gasteiger partial charge in [0.2, 0.25) is 5.91 Å². The van der Waals surface area contributed by atoms with E-state index in [1.165, 1.54) is 17.9 Å². The van der Waals surface area contributed by atoms with Crippen LogP contribution in [0.3, 0.4) is 0 Å². The lowest BCUT2D eigenvalue weighted by atomic mass is 10.0. The van der Waals surface area contributed by atoms with Crippen molar-refractivity contribution >= 4 is 40.9 Å². The number of amides is 2. The molecule has 1 atom stereocenters. The highest BCUT2D eigenvalue weighted by atomic mass is 35.5. The van der Waals surface area contributed by atoms with Crippen LogP contribution in [0.2, 0.25) is 10.0 Å². The molecule has 3 aromatic rings. The van der Waals surface area contributed by atoms with Crippen LogP contribution in [-0.4, -0.2) is 31.2 Å². The lowest BCUT2D eigenvalue weighted by Crippen LogP contribution is -2.33. The topological polar surface area (TPSA) is 70.7 Å². The van der Waals surface area contributed by atoms with Gasteiger partial charge in [-0.1, -0.05) is 53.5 Å². The average Bonchev–Trinajstić information content (AvgIpc) is 3.20. The molecule has 2 N–H and O–H groups in total. The molecule has 6 nitrogen and oxygen atoms in total. The molecule has 0 aromatic heterocycles. The molecule has 1 fully saturated rings. The molecule has 35 heavy (non-hydrogen) atoms. The Morgan fingerprint density at radius 1 is 1.09 bits per heavy atom. The van der Waals surface area contributed by atoms with Crippen molar-refractivity contribution in [2.24, 2.45) is 0 Å². The summed E-state index contributed by atoms with van der Waals surface area (Å²) >= 11 is 12.1. The number of hydrogen-bond donors (Lipinski definition) is 2. The summed E-state index contributed by atoms with van der Waals surface area (Å²) < 4.78 is 20.2. The second-order valence-electron chi connectivity index (χ2n) is 8.25. The number of carbonyl (C=O) groups excluding carboxylic acids is 2. The Hall–Kier alpha value is -3.13. The fraction of sp³-hybridized carbons (Fsp3) is 0.231. The number of nitrogens with one attached hydrogen (secondary N) is 2. The molecule has 182 valence electrons. The Morgan fingerprint density at radius 3 is 2.54 bits per heavy atom. The Bertz CT molecular complexity index is 1240. The maximum atomic E-state index is 15.0. The zero-order valence-electron chi connectivity index (χ0n) is 19.0. The first-order valence-corrected chi connectivity index (χ1v) is 11.8. The molecule has 0 unspecified atom stereocenters. The molecule has 1 aliphatic rings. The maximum absolute atomic E-state index is 15.0. The van der Waals surface area contributed by atoms with E-state index >= 15 is 0 Å². The molecule has 0 spiro atoms. The van der Waals surface area contributed by atoms with Crippen molar-refractivity contribution in [3.8, 4) is 11.1 Å². The number of nitrogens with zero attached hydrogens (tertiary/aromatic N) is 1. The van der Waals surface area contributed by atoms with Crippen molar-refractivity contribution < 1.29 is 18.7 Å². The predicted octanol–water partition coefficient (Wildman–Crippen LogP) is 5.55. The van der Waals surface area contributed by atoms with Gasteiger partial charge in [0.25, 0.3) is 0 Å². The van der Waals surface area contributed by atoms with Crippen molar-refractivity contribution in [2.45, 2.75) is 26.1 Å². The highest BCUT2D eigenvalue weighted by Gasteiger charge is 2.32. The molecule has 0 bridgehead atoms. The van der Waals surface area contributed by atoms with Crippen LogP contribution in [0.1, 0.15) is 18.1 Å². The normalized spacial score (nSPS) is 15.3. The van der Waals surface area contributed by atoms with Crippen molar-refractivity contribution in [3.63, 3.8) is 0 Å². The molecule has 1 heterocycles. The highest BCUT2D eigenvalue weighted by Crippen LogP contribution is 2.29. The minimum atomic E-state index is -0.566. The van der Waals surface area contributed by atoms with Gasteiger partial charge in [0.15, 0.2) is 0 Å². The molecule has 0 radical (unpaired) electrons. The van der Waals surface area contributed by atoms with E-state index in [1.54, 1.807) is 24.3 Å². The van der Waals surface area contributed by atoms with Gasteiger partial charge in [-0.2, -0.15) is 0 Å². The van der Waals surface area contributed by atoms with Crippen LogP contribution in [-0.2, 0) is 22.6 Å². The van der Waals surface area contributed by atoms with E-state index in [0.29, 0.717) is 34.4 Å². The molecule has 4 rings (SSSR count). The van der Waals surface area contributed by atoms with E-state index in [9.17, 15) is 14.0 Å². The first kappa shape index (κ1) is 25.0. The standard InChI is InChI=1S/C26H24Cl2FN3O3/c1-16(33)31-14-22-15-32(26(34)35-22)21-8-9-23(25(29)11-21)18-4-2-17(3-5-18)12-30-13-19-6-7-20(27)10-24(19)28/h2-11,22,30H,12-15H2,1H3,(H,31,33)/t22-/m0/s1. The molecule has 1 saturated heterocycles. The Labute approximate surface area is 213 Å². The number of rotatable bonds is 8. The summed E-state index contributed by atoms with van der Waals surface area (Å²) in [4.78, 5) is 24.6. The highest BCUT2D eigenvalue weighted by molar-refractivity contribution is 6.35. The first-order valence-electron chi connectivity index (χ1n) is 11.1. The summed E-state index contributed by atoms with van der Waals surface area (Å²) in [5.74, 6) is -0.647. The summed E-state index contributed by atoms with van der Waals surface area (Å²) in [5, 5.41) is 7.17. The maximum Gasteiger partial charge on any atom is 0.414 e. The number of benzene rings is 3. The number of anilines is 1.